The summed E-state index contributed by atoms with van der Waals surface area (Å²) in [6.07, 6.45) is 0.790. The van der Waals surface area contributed by atoms with E-state index in [4.69, 9.17) is 0 Å². The van der Waals surface area contributed by atoms with Crippen LogP contribution in [0, 0.1) is 0 Å². The summed E-state index contributed by atoms with van der Waals surface area (Å²) in [6, 6.07) is 8.28. The SMILES string of the molecule is CCN(CC(C)(C)O)C(=O)C1CC(C)Nc2ccccc21. The average molecular weight is 290 g/mol. The van der Waals surface area contributed by atoms with Crippen molar-refractivity contribution >= 4 is 11.6 Å². The zero-order valence-electron chi connectivity index (χ0n) is 13.4. The minimum Gasteiger partial charge on any atom is -0.389 e. The summed E-state index contributed by atoms with van der Waals surface area (Å²) >= 11 is 0. The predicted molar refractivity (Wildman–Crippen MR) is 85.4 cm³/mol. The number of fused-ring (bicyclic) bond motifs is 1. The van der Waals surface area contributed by atoms with Gasteiger partial charge in [-0.2, -0.15) is 0 Å². The monoisotopic (exact) mass is 290 g/mol. The first kappa shape index (κ1) is 15.8. The van der Waals surface area contributed by atoms with Gasteiger partial charge < -0.3 is 15.3 Å². The number of carbonyl (C=O) groups excluding carboxylic acids is 1. The standard InChI is InChI=1S/C17H26N2O2/c1-5-19(11-17(3,4)21)16(20)14-10-12(2)18-15-9-7-6-8-13(14)15/h6-9,12,14,18,21H,5,10-11H2,1-4H3. The molecule has 0 aliphatic carbocycles. The highest BCUT2D eigenvalue weighted by atomic mass is 16.3. The summed E-state index contributed by atoms with van der Waals surface area (Å²) in [5.41, 5.74) is 1.24. The van der Waals surface area contributed by atoms with Crippen molar-refractivity contribution in [2.75, 3.05) is 18.4 Å². The summed E-state index contributed by atoms with van der Waals surface area (Å²) in [7, 11) is 0. The Kier molecular flexibility index (Phi) is 4.57. The van der Waals surface area contributed by atoms with E-state index in [2.05, 4.69) is 12.2 Å². The summed E-state index contributed by atoms with van der Waals surface area (Å²) in [5, 5.41) is 13.4. The Bertz CT molecular complexity index is 508. The third-order valence-corrected chi connectivity index (χ3v) is 3.90. The second-order valence-corrected chi connectivity index (χ2v) is 6.59. The number of nitrogens with one attached hydrogen (secondary N) is 1. The molecule has 2 rings (SSSR count). The van der Waals surface area contributed by atoms with Crippen LogP contribution in [0.5, 0.6) is 0 Å². The zero-order valence-corrected chi connectivity index (χ0v) is 13.4. The Morgan fingerprint density at radius 2 is 2.10 bits per heavy atom. The van der Waals surface area contributed by atoms with E-state index >= 15 is 0 Å². The molecular formula is C17H26N2O2. The fraction of sp³-hybridized carbons (Fsp3) is 0.588. The number of likely N-dealkylation sites (N-methyl/N-ethyl adjacent to an activating group) is 1. The van der Waals surface area contributed by atoms with Crippen molar-refractivity contribution in [1.29, 1.82) is 0 Å². The van der Waals surface area contributed by atoms with Crippen molar-refractivity contribution < 1.29 is 9.90 Å². The number of carbonyl (C=O) groups is 1. The van der Waals surface area contributed by atoms with Crippen LogP contribution < -0.4 is 5.32 Å². The molecule has 1 aliphatic heterocycles. The average Bonchev–Trinajstić information content (AvgIpc) is 2.42. The molecule has 21 heavy (non-hydrogen) atoms. The largest absolute Gasteiger partial charge is 0.389 e. The van der Waals surface area contributed by atoms with E-state index in [9.17, 15) is 9.90 Å². The normalized spacial score (nSPS) is 21.4. The van der Waals surface area contributed by atoms with Gasteiger partial charge >= 0.3 is 0 Å². The molecule has 0 aromatic heterocycles. The van der Waals surface area contributed by atoms with Gasteiger partial charge in [-0.3, -0.25) is 4.79 Å². The number of rotatable bonds is 4. The molecule has 4 nitrogen and oxygen atoms in total. The molecule has 0 saturated heterocycles. The molecule has 1 heterocycles. The fourth-order valence-electron chi connectivity index (χ4n) is 3.00. The van der Waals surface area contributed by atoms with E-state index in [0.717, 1.165) is 17.7 Å². The van der Waals surface area contributed by atoms with Crippen molar-refractivity contribution in [2.24, 2.45) is 0 Å². The Labute approximate surface area is 127 Å². The zero-order chi connectivity index (χ0) is 15.6. The molecule has 2 unspecified atom stereocenters. The number of hydrogen-bond acceptors (Lipinski definition) is 3. The molecule has 1 aromatic carbocycles. The highest BCUT2D eigenvalue weighted by Crippen LogP contribution is 2.35. The van der Waals surface area contributed by atoms with Gasteiger partial charge in [-0.15, -0.1) is 0 Å². The van der Waals surface area contributed by atoms with Crippen LogP contribution >= 0.6 is 0 Å². The third kappa shape index (κ3) is 3.76. The molecule has 0 bridgehead atoms. The molecule has 2 N–H and O–H groups in total. The number of benzene rings is 1. The smallest absolute Gasteiger partial charge is 0.230 e. The first-order valence-electron chi connectivity index (χ1n) is 7.68. The van der Waals surface area contributed by atoms with E-state index in [0.29, 0.717) is 13.1 Å². The highest BCUT2D eigenvalue weighted by Gasteiger charge is 2.33. The third-order valence-electron chi connectivity index (χ3n) is 3.90. The van der Waals surface area contributed by atoms with Crippen LogP contribution in [-0.2, 0) is 4.79 Å². The van der Waals surface area contributed by atoms with Gasteiger partial charge in [-0.05, 0) is 45.7 Å². The second kappa shape index (κ2) is 6.06. The topological polar surface area (TPSA) is 52.6 Å². The summed E-state index contributed by atoms with van der Waals surface area (Å²) in [4.78, 5) is 14.7. The van der Waals surface area contributed by atoms with Crippen molar-refractivity contribution in [1.82, 2.24) is 4.90 Å². The van der Waals surface area contributed by atoms with Crippen LogP contribution in [0.2, 0.25) is 0 Å². The molecule has 2 atom stereocenters. The van der Waals surface area contributed by atoms with Crippen LogP contribution in [0.4, 0.5) is 5.69 Å². The molecule has 0 spiro atoms. The van der Waals surface area contributed by atoms with Crippen molar-refractivity contribution in [3.8, 4) is 0 Å². The van der Waals surface area contributed by atoms with Crippen LogP contribution in [0.3, 0.4) is 0 Å². The van der Waals surface area contributed by atoms with Gasteiger partial charge in [0.25, 0.3) is 0 Å². The van der Waals surface area contributed by atoms with E-state index in [1.54, 1.807) is 18.7 Å². The number of hydrogen-bond donors (Lipinski definition) is 2. The predicted octanol–water partition coefficient (Wildman–Crippen LogP) is 2.59. The minimum atomic E-state index is -0.871. The lowest BCUT2D eigenvalue weighted by Gasteiger charge is -2.35. The Balaban J connectivity index is 2.26. The first-order chi connectivity index (χ1) is 9.81. The molecule has 0 radical (unpaired) electrons. The molecule has 0 saturated carbocycles. The fourth-order valence-corrected chi connectivity index (χ4v) is 3.00. The van der Waals surface area contributed by atoms with Gasteiger partial charge in [0.1, 0.15) is 0 Å². The molecular weight excluding hydrogens is 264 g/mol. The molecule has 0 fully saturated rings. The number of amides is 1. The Hall–Kier alpha value is -1.55. The maximum absolute atomic E-state index is 12.9. The van der Waals surface area contributed by atoms with Gasteiger partial charge in [0.15, 0.2) is 0 Å². The number of anilines is 1. The first-order valence-corrected chi connectivity index (χ1v) is 7.68. The van der Waals surface area contributed by atoms with E-state index in [1.165, 1.54) is 0 Å². The Morgan fingerprint density at radius 1 is 1.43 bits per heavy atom. The van der Waals surface area contributed by atoms with Crippen molar-refractivity contribution in [3.63, 3.8) is 0 Å². The number of aliphatic hydroxyl groups is 1. The van der Waals surface area contributed by atoms with Crippen LogP contribution in [-0.4, -0.2) is 40.6 Å². The van der Waals surface area contributed by atoms with Gasteiger partial charge in [-0.25, -0.2) is 0 Å². The van der Waals surface area contributed by atoms with Crippen LogP contribution in [0.1, 0.15) is 45.6 Å². The summed E-state index contributed by atoms with van der Waals surface area (Å²) < 4.78 is 0. The molecule has 1 aliphatic rings. The van der Waals surface area contributed by atoms with E-state index in [-0.39, 0.29) is 17.9 Å². The lowest BCUT2D eigenvalue weighted by molar-refractivity contribution is -0.135. The maximum Gasteiger partial charge on any atom is 0.230 e. The highest BCUT2D eigenvalue weighted by molar-refractivity contribution is 5.86. The van der Waals surface area contributed by atoms with Gasteiger partial charge in [-0.1, -0.05) is 18.2 Å². The Morgan fingerprint density at radius 3 is 2.71 bits per heavy atom. The molecule has 1 aromatic rings. The van der Waals surface area contributed by atoms with Gasteiger partial charge in [0, 0.05) is 24.8 Å². The van der Waals surface area contributed by atoms with Crippen LogP contribution in [0.15, 0.2) is 24.3 Å². The summed E-state index contributed by atoms with van der Waals surface area (Å²) in [6.45, 7) is 8.51. The molecule has 1 amide bonds. The number of nitrogens with zero attached hydrogens (tertiary/aromatic N) is 1. The van der Waals surface area contributed by atoms with Crippen molar-refractivity contribution in [3.05, 3.63) is 29.8 Å². The lowest BCUT2D eigenvalue weighted by atomic mass is 9.86. The van der Waals surface area contributed by atoms with E-state index in [1.807, 2.05) is 31.2 Å². The van der Waals surface area contributed by atoms with Gasteiger partial charge in [0.05, 0.1) is 11.5 Å². The van der Waals surface area contributed by atoms with E-state index < -0.39 is 5.60 Å². The maximum atomic E-state index is 12.9. The second-order valence-electron chi connectivity index (χ2n) is 6.59. The lowest BCUT2D eigenvalue weighted by Crippen LogP contribution is -2.45. The summed E-state index contributed by atoms with van der Waals surface area (Å²) in [5.74, 6) is -0.0137. The minimum absolute atomic E-state index is 0.112. The number of para-hydroxylation sites is 1. The molecule has 4 heteroatoms. The molecule has 116 valence electrons. The van der Waals surface area contributed by atoms with Gasteiger partial charge in [0.2, 0.25) is 5.91 Å². The van der Waals surface area contributed by atoms with Crippen LogP contribution in [0.25, 0.3) is 0 Å². The quantitative estimate of drug-likeness (QED) is 0.896. The van der Waals surface area contributed by atoms with Crippen molar-refractivity contribution in [2.45, 2.75) is 51.7 Å².